The maximum atomic E-state index is 14.5. The van der Waals surface area contributed by atoms with Crippen LogP contribution in [0.4, 0.5) is 8.78 Å². The van der Waals surface area contributed by atoms with E-state index in [4.69, 9.17) is 4.74 Å². The van der Waals surface area contributed by atoms with Gasteiger partial charge in [-0.15, -0.1) is 0 Å². The van der Waals surface area contributed by atoms with Crippen molar-refractivity contribution in [2.45, 2.75) is 6.42 Å². The van der Waals surface area contributed by atoms with Crippen LogP contribution in [-0.4, -0.2) is 21.6 Å². The SMILES string of the molecule is COc1ccc(Cc2c(-c3c(F)cccc3F)[se]c3ccccc23)cc1. The molecule has 130 valence electrons. The van der Waals surface area contributed by atoms with Gasteiger partial charge >= 0.3 is 156 Å². The van der Waals surface area contributed by atoms with Crippen LogP contribution in [-0.2, 0) is 6.42 Å². The summed E-state index contributed by atoms with van der Waals surface area (Å²) in [5, 5.41) is 1.10. The number of ether oxygens (including phenoxy) is 1. The molecule has 0 bridgehead atoms. The Morgan fingerprint density at radius 2 is 1.54 bits per heavy atom. The number of methoxy groups -OCH3 is 1. The van der Waals surface area contributed by atoms with E-state index in [0.29, 0.717) is 6.42 Å². The molecule has 0 unspecified atom stereocenters. The number of hydrogen-bond donors (Lipinski definition) is 0. The number of halogens is 2. The number of benzene rings is 3. The van der Waals surface area contributed by atoms with Crippen molar-refractivity contribution in [2.24, 2.45) is 0 Å². The van der Waals surface area contributed by atoms with Gasteiger partial charge in [-0.05, 0) is 0 Å². The molecule has 0 saturated carbocycles. The van der Waals surface area contributed by atoms with Gasteiger partial charge in [-0.1, -0.05) is 0 Å². The fourth-order valence-electron chi connectivity index (χ4n) is 3.14. The zero-order valence-electron chi connectivity index (χ0n) is 14.1. The van der Waals surface area contributed by atoms with Crippen molar-refractivity contribution in [3.8, 4) is 15.8 Å². The first-order chi connectivity index (χ1) is 12.7. The Labute approximate surface area is 156 Å². The summed E-state index contributed by atoms with van der Waals surface area (Å²) in [5.41, 5.74) is 2.21. The summed E-state index contributed by atoms with van der Waals surface area (Å²) in [7, 11) is 1.63. The summed E-state index contributed by atoms with van der Waals surface area (Å²) in [5.74, 6) is -0.206. The summed E-state index contributed by atoms with van der Waals surface area (Å²) in [6.45, 7) is 0. The molecule has 0 N–H and O–H groups in total. The molecule has 4 heteroatoms. The molecule has 0 fully saturated rings. The van der Waals surface area contributed by atoms with E-state index >= 15 is 0 Å². The third-order valence-electron chi connectivity index (χ3n) is 4.43. The summed E-state index contributed by atoms with van der Waals surface area (Å²) >= 11 is -0.124. The fraction of sp³-hybridized carbons (Fsp3) is 0.0909. The average molecular weight is 413 g/mol. The number of fused-ring (bicyclic) bond motifs is 1. The molecule has 0 spiro atoms. The molecular weight excluding hydrogens is 397 g/mol. The third-order valence-corrected chi connectivity index (χ3v) is 7.01. The standard InChI is InChI=1S/C22H16F2OSe/c1-25-15-11-9-14(10-12-15)13-17-16-5-2-3-8-20(16)26-22(17)21-18(23)6-4-7-19(21)24/h2-12H,13H2,1H3. The predicted molar refractivity (Wildman–Crippen MR) is 102 cm³/mol. The van der Waals surface area contributed by atoms with Crippen molar-refractivity contribution in [2.75, 3.05) is 7.11 Å². The van der Waals surface area contributed by atoms with Gasteiger partial charge in [-0.25, -0.2) is 0 Å². The molecule has 1 heterocycles. The first-order valence-electron chi connectivity index (χ1n) is 8.25. The van der Waals surface area contributed by atoms with Crippen LogP contribution in [0.5, 0.6) is 5.75 Å². The quantitative estimate of drug-likeness (QED) is 0.405. The van der Waals surface area contributed by atoms with Gasteiger partial charge in [0, 0.05) is 0 Å². The summed E-state index contributed by atoms with van der Waals surface area (Å²) in [6.07, 6.45) is 0.631. The van der Waals surface area contributed by atoms with E-state index < -0.39 is 11.6 Å². The van der Waals surface area contributed by atoms with E-state index in [9.17, 15) is 8.78 Å². The van der Waals surface area contributed by atoms with E-state index in [1.807, 2.05) is 42.5 Å². The van der Waals surface area contributed by atoms with Crippen molar-refractivity contribution in [1.29, 1.82) is 0 Å². The molecule has 0 aliphatic heterocycles. The van der Waals surface area contributed by atoms with Crippen LogP contribution in [0.2, 0.25) is 0 Å². The van der Waals surface area contributed by atoms with Gasteiger partial charge < -0.3 is 0 Å². The predicted octanol–water partition coefficient (Wildman–Crippen LogP) is 5.44. The normalized spacial score (nSPS) is 11.0. The Kier molecular flexibility index (Phi) is 4.62. The second-order valence-corrected chi connectivity index (χ2v) is 8.24. The molecule has 4 rings (SSSR count). The molecule has 3 aromatic carbocycles. The van der Waals surface area contributed by atoms with Gasteiger partial charge in [0.1, 0.15) is 0 Å². The summed E-state index contributed by atoms with van der Waals surface area (Å²) < 4.78 is 36.1. The van der Waals surface area contributed by atoms with Crippen LogP contribution in [0.3, 0.4) is 0 Å². The topological polar surface area (TPSA) is 9.23 Å². The van der Waals surface area contributed by atoms with Gasteiger partial charge in [0.2, 0.25) is 0 Å². The molecule has 4 aromatic rings. The van der Waals surface area contributed by atoms with Crippen LogP contribution in [0.15, 0.2) is 66.7 Å². The van der Waals surface area contributed by atoms with E-state index in [1.165, 1.54) is 22.5 Å². The van der Waals surface area contributed by atoms with Gasteiger partial charge in [-0.3, -0.25) is 0 Å². The van der Waals surface area contributed by atoms with E-state index in [2.05, 4.69) is 6.07 Å². The Bertz CT molecular complexity index is 1050. The molecule has 1 aromatic heterocycles. The molecule has 26 heavy (non-hydrogen) atoms. The Morgan fingerprint density at radius 3 is 2.23 bits per heavy atom. The molecule has 0 atom stereocenters. The fourth-order valence-corrected chi connectivity index (χ4v) is 5.80. The van der Waals surface area contributed by atoms with Crippen LogP contribution in [0, 0.1) is 11.6 Å². The van der Waals surface area contributed by atoms with Gasteiger partial charge in [0.25, 0.3) is 0 Å². The number of rotatable bonds is 4. The second-order valence-electron chi connectivity index (χ2n) is 6.03. The summed E-state index contributed by atoms with van der Waals surface area (Å²) in [4.78, 5) is 0. The van der Waals surface area contributed by atoms with E-state index in [-0.39, 0.29) is 20.1 Å². The Hall–Kier alpha value is -2.42. The molecule has 0 aliphatic rings. The zero-order chi connectivity index (χ0) is 18.1. The van der Waals surface area contributed by atoms with Crippen molar-refractivity contribution >= 4 is 24.1 Å². The van der Waals surface area contributed by atoms with Crippen molar-refractivity contribution in [3.05, 3.63) is 89.5 Å². The van der Waals surface area contributed by atoms with E-state index in [1.54, 1.807) is 7.11 Å². The van der Waals surface area contributed by atoms with Gasteiger partial charge in [-0.2, -0.15) is 0 Å². The second kappa shape index (κ2) is 7.06. The van der Waals surface area contributed by atoms with Crippen molar-refractivity contribution in [1.82, 2.24) is 0 Å². The zero-order valence-corrected chi connectivity index (χ0v) is 15.8. The maximum absolute atomic E-state index is 14.5. The minimum absolute atomic E-state index is 0.118. The Balaban J connectivity index is 1.89. The van der Waals surface area contributed by atoms with Crippen molar-refractivity contribution in [3.63, 3.8) is 0 Å². The first kappa shape index (κ1) is 17.0. The van der Waals surface area contributed by atoms with Crippen LogP contribution >= 0.6 is 0 Å². The van der Waals surface area contributed by atoms with Crippen LogP contribution < -0.4 is 4.74 Å². The monoisotopic (exact) mass is 414 g/mol. The molecule has 0 aliphatic carbocycles. The molecular formula is C22H16F2OSe. The molecule has 0 radical (unpaired) electrons. The van der Waals surface area contributed by atoms with Crippen LogP contribution in [0.25, 0.3) is 19.6 Å². The minimum atomic E-state index is -0.498. The van der Waals surface area contributed by atoms with Crippen LogP contribution in [0.1, 0.15) is 11.1 Å². The van der Waals surface area contributed by atoms with E-state index in [0.717, 1.165) is 26.7 Å². The van der Waals surface area contributed by atoms with Gasteiger partial charge in [0.05, 0.1) is 0 Å². The summed E-state index contributed by atoms with van der Waals surface area (Å²) in [6, 6.07) is 19.9. The van der Waals surface area contributed by atoms with Gasteiger partial charge in [0.15, 0.2) is 0 Å². The average Bonchev–Trinajstić information content (AvgIpc) is 3.00. The molecule has 0 amide bonds. The number of hydrogen-bond acceptors (Lipinski definition) is 1. The molecule has 1 nitrogen and oxygen atoms in total. The molecule has 0 saturated heterocycles. The Morgan fingerprint density at radius 1 is 0.846 bits per heavy atom. The first-order valence-corrected chi connectivity index (χ1v) is 9.96. The van der Waals surface area contributed by atoms with Crippen molar-refractivity contribution < 1.29 is 13.5 Å². The third kappa shape index (κ3) is 3.07.